The fourth-order valence-corrected chi connectivity index (χ4v) is 2.97. The van der Waals surface area contributed by atoms with Gasteiger partial charge in [0.15, 0.2) is 0 Å². The summed E-state index contributed by atoms with van der Waals surface area (Å²) in [7, 11) is 1.60. The molecule has 106 valence electrons. The van der Waals surface area contributed by atoms with Gasteiger partial charge in [0.05, 0.1) is 13.2 Å². The first kappa shape index (κ1) is 14.5. The standard InChI is InChI=1S/C15H23NO3/c1-18-12-15(17,13-6-3-2-4-7-13)14(10-16)8-5-9-19-11-14/h2-4,6-7,17H,5,8-12,16H2,1H3. The molecule has 2 unspecified atom stereocenters. The second kappa shape index (κ2) is 6.01. The molecule has 0 aliphatic carbocycles. The van der Waals surface area contributed by atoms with Crippen LogP contribution >= 0.6 is 0 Å². The maximum absolute atomic E-state index is 11.3. The fraction of sp³-hybridized carbons (Fsp3) is 0.600. The van der Waals surface area contributed by atoms with Gasteiger partial charge in [-0.3, -0.25) is 0 Å². The maximum atomic E-state index is 11.3. The molecule has 1 heterocycles. The van der Waals surface area contributed by atoms with Gasteiger partial charge in [0.2, 0.25) is 0 Å². The van der Waals surface area contributed by atoms with Crippen LogP contribution in [0.2, 0.25) is 0 Å². The molecule has 1 aliphatic rings. The van der Waals surface area contributed by atoms with Crippen molar-refractivity contribution in [1.82, 2.24) is 0 Å². The van der Waals surface area contributed by atoms with Crippen LogP contribution in [0, 0.1) is 5.41 Å². The molecular formula is C15H23NO3. The summed E-state index contributed by atoms with van der Waals surface area (Å²) in [5, 5.41) is 11.3. The summed E-state index contributed by atoms with van der Waals surface area (Å²) in [6.45, 7) is 1.80. The van der Waals surface area contributed by atoms with Crippen LogP contribution in [0.5, 0.6) is 0 Å². The molecule has 1 aromatic rings. The van der Waals surface area contributed by atoms with Crippen molar-refractivity contribution < 1.29 is 14.6 Å². The van der Waals surface area contributed by atoms with E-state index in [-0.39, 0.29) is 6.61 Å². The van der Waals surface area contributed by atoms with Gasteiger partial charge >= 0.3 is 0 Å². The second-order valence-corrected chi connectivity index (χ2v) is 5.30. The third-order valence-corrected chi connectivity index (χ3v) is 4.20. The Labute approximate surface area is 114 Å². The van der Waals surface area contributed by atoms with Gasteiger partial charge in [0.1, 0.15) is 5.60 Å². The molecule has 4 nitrogen and oxygen atoms in total. The second-order valence-electron chi connectivity index (χ2n) is 5.30. The van der Waals surface area contributed by atoms with E-state index in [9.17, 15) is 5.11 Å². The van der Waals surface area contributed by atoms with Gasteiger partial charge in [-0.2, -0.15) is 0 Å². The minimum absolute atomic E-state index is 0.220. The van der Waals surface area contributed by atoms with E-state index in [0.29, 0.717) is 13.2 Å². The minimum atomic E-state index is -1.11. The molecule has 1 saturated heterocycles. The molecule has 0 amide bonds. The molecule has 0 aromatic heterocycles. The first-order valence-corrected chi connectivity index (χ1v) is 6.73. The molecule has 1 aromatic carbocycles. The lowest BCUT2D eigenvalue weighted by Gasteiger charge is -2.48. The van der Waals surface area contributed by atoms with Crippen LogP contribution in [0.4, 0.5) is 0 Å². The van der Waals surface area contributed by atoms with Crippen molar-refractivity contribution in [3.63, 3.8) is 0 Å². The van der Waals surface area contributed by atoms with Crippen molar-refractivity contribution in [2.24, 2.45) is 11.1 Å². The average Bonchev–Trinajstić information content (AvgIpc) is 2.49. The predicted octanol–water partition coefficient (Wildman–Crippen LogP) is 1.28. The Morgan fingerprint density at radius 1 is 1.42 bits per heavy atom. The Hall–Kier alpha value is -0.940. The van der Waals surface area contributed by atoms with Crippen molar-refractivity contribution >= 4 is 0 Å². The quantitative estimate of drug-likeness (QED) is 0.841. The molecule has 1 aliphatic heterocycles. The third-order valence-electron chi connectivity index (χ3n) is 4.20. The van der Waals surface area contributed by atoms with Gasteiger partial charge in [-0.1, -0.05) is 30.3 Å². The molecule has 0 radical (unpaired) electrons. The zero-order valence-corrected chi connectivity index (χ0v) is 11.5. The number of rotatable bonds is 5. The van der Waals surface area contributed by atoms with Crippen LogP contribution in [-0.2, 0) is 15.1 Å². The summed E-state index contributed by atoms with van der Waals surface area (Å²) < 4.78 is 10.9. The molecular weight excluding hydrogens is 242 g/mol. The fourth-order valence-electron chi connectivity index (χ4n) is 2.97. The van der Waals surface area contributed by atoms with Crippen LogP contribution in [0.15, 0.2) is 30.3 Å². The summed E-state index contributed by atoms with van der Waals surface area (Å²) in [6.07, 6.45) is 1.76. The number of methoxy groups -OCH3 is 1. The van der Waals surface area contributed by atoms with Crippen LogP contribution in [0.1, 0.15) is 18.4 Å². The van der Waals surface area contributed by atoms with Crippen molar-refractivity contribution in [2.75, 3.05) is 33.5 Å². The number of aliphatic hydroxyl groups is 1. The zero-order valence-electron chi connectivity index (χ0n) is 11.5. The molecule has 0 spiro atoms. The topological polar surface area (TPSA) is 64.7 Å². The lowest BCUT2D eigenvalue weighted by Crippen LogP contribution is -2.57. The molecule has 0 saturated carbocycles. The molecule has 19 heavy (non-hydrogen) atoms. The first-order chi connectivity index (χ1) is 9.18. The molecule has 2 atom stereocenters. The monoisotopic (exact) mass is 265 g/mol. The number of benzene rings is 1. The van der Waals surface area contributed by atoms with Crippen LogP contribution in [-0.4, -0.2) is 38.6 Å². The van der Waals surface area contributed by atoms with Crippen LogP contribution < -0.4 is 5.73 Å². The summed E-state index contributed by atoms with van der Waals surface area (Å²) >= 11 is 0. The lowest BCUT2D eigenvalue weighted by atomic mass is 9.65. The van der Waals surface area contributed by atoms with Gasteiger partial charge in [-0.05, 0) is 18.4 Å². The highest BCUT2D eigenvalue weighted by atomic mass is 16.5. The summed E-state index contributed by atoms with van der Waals surface area (Å²) in [4.78, 5) is 0. The molecule has 2 rings (SSSR count). The predicted molar refractivity (Wildman–Crippen MR) is 73.8 cm³/mol. The number of hydrogen-bond donors (Lipinski definition) is 2. The first-order valence-electron chi connectivity index (χ1n) is 6.73. The van der Waals surface area contributed by atoms with E-state index >= 15 is 0 Å². The molecule has 0 bridgehead atoms. The van der Waals surface area contributed by atoms with Crippen LogP contribution in [0.3, 0.4) is 0 Å². The Morgan fingerprint density at radius 3 is 2.68 bits per heavy atom. The lowest BCUT2D eigenvalue weighted by molar-refractivity contribution is -0.174. The Kier molecular flexibility index (Phi) is 4.58. The summed E-state index contributed by atoms with van der Waals surface area (Å²) in [5.41, 5.74) is 5.24. The van der Waals surface area contributed by atoms with Gasteiger partial charge in [-0.15, -0.1) is 0 Å². The van der Waals surface area contributed by atoms with Gasteiger partial charge in [0, 0.05) is 25.7 Å². The van der Waals surface area contributed by atoms with Gasteiger partial charge in [0.25, 0.3) is 0 Å². The maximum Gasteiger partial charge on any atom is 0.122 e. The van der Waals surface area contributed by atoms with E-state index in [1.54, 1.807) is 7.11 Å². The van der Waals surface area contributed by atoms with E-state index in [1.165, 1.54) is 0 Å². The Bertz CT molecular complexity index is 390. The summed E-state index contributed by atoms with van der Waals surface area (Å²) in [5.74, 6) is 0. The van der Waals surface area contributed by atoms with Gasteiger partial charge < -0.3 is 20.3 Å². The smallest absolute Gasteiger partial charge is 0.122 e. The highest BCUT2D eigenvalue weighted by Gasteiger charge is 2.51. The SMILES string of the molecule is COCC(O)(c1ccccc1)C1(CN)CCCOC1. The Balaban J connectivity index is 2.42. The largest absolute Gasteiger partial charge is 0.382 e. The number of hydrogen-bond acceptors (Lipinski definition) is 4. The number of nitrogens with two attached hydrogens (primary N) is 1. The summed E-state index contributed by atoms with van der Waals surface area (Å²) in [6, 6.07) is 9.62. The van der Waals surface area contributed by atoms with Gasteiger partial charge in [-0.25, -0.2) is 0 Å². The third kappa shape index (κ3) is 2.54. The minimum Gasteiger partial charge on any atom is -0.382 e. The van der Waals surface area contributed by atoms with E-state index in [4.69, 9.17) is 15.2 Å². The normalized spacial score (nSPS) is 26.9. The van der Waals surface area contributed by atoms with Crippen molar-refractivity contribution in [3.8, 4) is 0 Å². The molecule has 3 N–H and O–H groups in total. The van der Waals surface area contributed by atoms with E-state index in [0.717, 1.165) is 25.0 Å². The zero-order chi connectivity index (χ0) is 13.8. The van der Waals surface area contributed by atoms with E-state index in [1.807, 2.05) is 30.3 Å². The van der Waals surface area contributed by atoms with E-state index in [2.05, 4.69) is 0 Å². The van der Waals surface area contributed by atoms with Crippen molar-refractivity contribution in [1.29, 1.82) is 0 Å². The highest BCUT2D eigenvalue weighted by molar-refractivity contribution is 5.26. The molecule has 1 fully saturated rings. The average molecular weight is 265 g/mol. The molecule has 4 heteroatoms. The van der Waals surface area contributed by atoms with Crippen molar-refractivity contribution in [2.45, 2.75) is 18.4 Å². The van der Waals surface area contributed by atoms with E-state index < -0.39 is 11.0 Å². The van der Waals surface area contributed by atoms with Crippen LogP contribution in [0.25, 0.3) is 0 Å². The Morgan fingerprint density at radius 2 is 2.16 bits per heavy atom. The number of ether oxygens (including phenoxy) is 2. The highest BCUT2D eigenvalue weighted by Crippen LogP contribution is 2.45. The van der Waals surface area contributed by atoms with Crippen molar-refractivity contribution in [3.05, 3.63) is 35.9 Å².